The average Bonchev–Trinajstić information content (AvgIpc) is 3.49. The molecule has 4 fully saturated rings. The summed E-state index contributed by atoms with van der Waals surface area (Å²) in [6, 6.07) is 15.6. The third kappa shape index (κ3) is 7.08. The molecule has 0 radical (unpaired) electrons. The number of aliphatic hydroxyl groups excluding tert-OH is 1. The maximum atomic E-state index is 13.7. The van der Waals surface area contributed by atoms with Gasteiger partial charge in [0.25, 0.3) is 0 Å². The first-order valence-electron chi connectivity index (χ1n) is 18.5. The molecule has 276 valence electrons. The monoisotopic (exact) mass is 717 g/mol. The highest BCUT2D eigenvalue weighted by Gasteiger charge is 2.68. The van der Waals surface area contributed by atoms with Gasteiger partial charge in [0.05, 0.1) is 31.2 Å². The van der Waals surface area contributed by atoms with Crippen LogP contribution in [0.3, 0.4) is 0 Å². The van der Waals surface area contributed by atoms with Crippen LogP contribution in [0.1, 0.15) is 59.8 Å². The van der Waals surface area contributed by atoms with Gasteiger partial charge in [0.1, 0.15) is 17.6 Å². The summed E-state index contributed by atoms with van der Waals surface area (Å²) < 4.78 is 11.7. The number of esters is 1. The van der Waals surface area contributed by atoms with Gasteiger partial charge in [0.15, 0.2) is 0 Å². The zero-order chi connectivity index (χ0) is 36.6. The van der Waals surface area contributed by atoms with Gasteiger partial charge in [0.2, 0.25) is 5.91 Å². The van der Waals surface area contributed by atoms with E-state index in [0.29, 0.717) is 18.5 Å². The van der Waals surface area contributed by atoms with Gasteiger partial charge in [-0.15, -0.1) is 18.3 Å². The fraction of sp³-hybridized carbons (Fsp3) is 0.585. The van der Waals surface area contributed by atoms with Crippen molar-refractivity contribution in [1.82, 2.24) is 4.90 Å². The van der Waals surface area contributed by atoms with E-state index in [4.69, 9.17) is 9.47 Å². The second-order valence-corrected chi connectivity index (χ2v) is 16.9. The SMILES string of the molecule is C=C[C@]1(C)C[C@@H](OC(=O)CSc2ccccc2NC(=O)CN2CCN(c3ccc(OC)cc3)CC2)[C@]2(C)[C@H](C)CC[C@]3(CCC(=O)[C@H]32)[C@@H](C)[C@@H]1O. The number of nitrogens with one attached hydrogen (secondary N) is 1. The van der Waals surface area contributed by atoms with E-state index in [1.807, 2.05) is 49.4 Å². The Balaban J connectivity index is 1.09. The molecule has 1 saturated heterocycles. The normalized spacial score (nSPS) is 33.8. The number of thioether (sulfide) groups is 1. The van der Waals surface area contributed by atoms with E-state index < -0.39 is 23.0 Å². The number of ether oxygens (including phenoxy) is 2. The maximum absolute atomic E-state index is 13.7. The van der Waals surface area contributed by atoms with Crippen LogP contribution in [0.2, 0.25) is 0 Å². The molecule has 2 N–H and O–H groups in total. The molecule has 8 atom stereocenters. The molecule has 9 nitrogen and oxygen atoms in total. The van der Waals surface area contributed by atoms with Crippen molar-refractivity contribution in [3.05, 3.63) is 61.2 Å². The van der Waals surface area contributed by atoms with Gasteiger partial charge in [-0.2, -0.15) is 0 Å². The molecule has 2 aromatic carbocycles. The first-order valence-corrected chi connectivity index (χ1v) is 19.5. The van der Waals surface area contributed by atoms with Crippen LogP contribution in [0.15, 0.2) is 66.1 Å². The average molecular weight is 718 g/mol. The van der Waals surface area contributed by atoms with Gasteiger partial charge < -0.3 is 24.8 Å². The Morgan fingerprint density at radius 3 is 2.45 bits per heavy atom. The van der Waals surface area contributed by atoms with Gasteiger partial charge in [-0.3, -0.25) is 19.3 Å². The van der Waals surface area contributed by atoms with E-state index in [2.05, 4.69) is 54.6 Å². The van der Waals surface area contributed by atoms with Crippen LogP contribution in [0.5, 0.6) is 5.75 Å². The second-order valence-electron chi connectivity index (χ2n) is 15.9. The van der Waals surface area contributed by atoms with Gasteiger partial charge in [-0.1, -0.05) is 45.9 Å². The molecule has 2 bridgehead atoms. The molecule has 3 aliphatic carbocycles. The highest BCUT2D eigenvalue weighted by atomic mass is 32.2. The third-order valence-corrected chi connectivity index (χ3v) is 14.3. The minimum atomic E-state index is -0.704. The second kappa shape index (κ2) is 15.0. The number of carbonyl (C=O) groups is 3. The van der Waals surface area contributed by atoms with Crippen molar-refractivity contribution >= 4 is 40.8 Å². The molecular formula is C41H55N3O6S. The van der Waals surface area contributed by atoms with Gasteiger partial charge in [-0.25, -0.2) is 0 Å². The summed E-state index contributed by atoms with van der Waals surface area (Å²) in [5.41, 5.74) is 0.246. The lowest BCUT2D eigenvalue weighted by molar-refractivity contribution is -0.205. The molecule has 0 unspecified atom stereocenters. The smallest absolute Gasteiger partial charge is 0.316 e. The number of carbonyl (C=O) groups excluding carboxylic acids is 3. The zero-order valence-electron chi connectivity index (χ0n) is 30.9. The van der Waals surface area contributed by atoms with E-state index in [1.54, 1.807) is 7.11 Å². The van der Waals surface area contributed by atoms with Crippen molar-refractivity contribution in [2.45, 2.75) is 76.9 Å². The van der Waals surface area contributed by atoms with Crippen molar-refractivity contribution in [3.8, 4) is 5.75 Å². The van der Waals surface area contributed by atoms with Crippen LogP contribution >= 0.6 is 11.8 Å². The predicted molar refractivity (Wildman–Crippen MR) is 202 cm³/mol. The maximum Gasteiger partial charge on any atom is 0.316 e. The Morgan fingerprint density at radius 2 is 1.76 bits per heavy atom. The molecule has 51 heavy (non-hydrogen) atoms. The molecule has 1 aliphatic heterocycles. The molecule has 10 heteroatoms. The summed E-state index contributed by atoms with van der Waals surface area (Å²) >= 11 is 1.33. The predicted octanol–water partition coefficient (Wildman–Crippen LogP) is 6.45. The largest absolute Gasteiger partial charge is 0.497 e. The third-order valence-electron chi connectivity index (χ3n) is 13.3. The van der Waals surface area contributed by atoms with Crippen molar-refractivity contribution in [1.29, 1.82) is 0 Å². The number of Topliss-reactive ketones (excluding diaryl/α,β-unsaturated/α-hetero) is 1. The van der Waals surface area contributed by atoms with Crippen molar-refractivity contribution in [2.24, 2.45) is 34.0 Å². The molecule has 1 amide bonds. The lowest BCUT2D eigenvalue weighted by atomic mass is 9.44. The van der Waals surface area contributed by atoms with Crippen LogP contribution in [0, 0.1) is 34.0 Å². The van der Waals surface area contributed by atoms with Crippen LogP contribution in [-0.2, 0) is 19.1 Å². The van der Waals surface area contributed by atoms with Crippen LogP contribution < -0.4 is 15.0 Å². The number of anilines is 2. The number of aliphatic hydroxyl groups is 1. The van der Waals surface area contributed by atoms with Crippen LogP contribution in [0.25, 0.3) is 0 Å². The Kier molecular flexibility index (Phi) is 11.0. The summed E-state index contributed by atoms with van der Waals surface area (Å²) in [6.45, 7) is 16.1. The first kappa shape index (κ1) is 37.4. The number of benzene rings is 2. The summed E-state index contributed by atoms with van der Waals surface area (Å²) in [5.74, 6) is 0.478. The van der Waals surface area contributed by atoms with Crippen molar-refractivity contribution in [2.75, 3.05) is 55.8 Å². The summed E-state index contributed by atoms with van der Waals surface area (Å²) in [5, 5.41) is 14.9. The number of piperazine rings is 1. The highest BCUT2D eigenvalue weighted by Crippen LogP contribution is 2.68. The number of nitrogens with zero attached hydrogens (tertiary/aromatic N) is 2. The Bertz CT molecular complexity index is 1610. The molecule has 4 aliphatic rings. The Hall–Kier alpha value is -3.34. The molecular weight excluding hydrogens is 663 g/mol. The van der Waals surface area contributed by atoms with E-state index in [9.17, 15) is 19.5 Å². The number of ketones is 1. The number of para-hydroxylation sites is 1. The van der Waals surface area contributed by atoms with Gasteiger partial charge in [-0.05, 0) is 79.3 Å². The van der Waals surface area contributed by atoms with E-state index >= 15 is 0 Å². The van der Waals surface area contributed by atoms with E-state index in [0.717, 1.165) is 61.8 Å². The first-order chi connectivity index (χ1) is 24.3. The highest BCUT2D eigenvalue weighted by molar-refractivity contribution is 8.00. The van der Waals surface area contributed by atoms with Crippen LogP contribution in [-0.4, -0.2) is 85.5 Å². The fourth-order valence-corrected chi connectivity index (χ4v) is 10.7. The summed E-state index contributed by atoms with van der Waals surface area (Å²) in [7, 11) is 1.66. The number of methoxy groups -OCH3 is 1. The molecule has 0 aromatic heterocycles. The number of hydrogen-bond donors (Lipinski definition) is 2. The summed E-state index contributed by atoms with van der Waals surface area (Å²) in [6.07, 6.45) is 4.06. The van der Waals surface area contributed by atoms with Crippen molar-refractivity contribution in [3.63, 3.8) is 0 Å². The molecule has 0 spiro atoms. The molecule has 1 heterocycles. The van der Waals surface area contributed by atoms with Crippen LogP contribution in [0.4, 0.5) is 11.4 Å². The minimum absolute atomic E-state index is 0.0503. The molecule has 6 rings (SSSR count). The van der Waals surface area contributed by atoms with Crippen molar-refractivity contribution < 1.29 is 29.0 Å². The number of amides is 1. The van der Waals surface area contributed by atoms with Gasteiger partial charge in [0, 0.05) is 59.9 Å². The van der Waals surface area contributed by atoms with E-state index in [-0.39, 0.29) is 53.1 Å². The topological polar surface area (TPSA) is 108 Å². The summed E-state index contributed by atoms with van der Waals surface area (Å²) in [4.78, 5) is 45.9. The quantitative estimate of drug-likeness (QED) is 0.163. The minimum Gasteiger partial charge on any atom is -0.497 e. The van der Waals surface area contributed by atoms with E-state index in [1.165, 1.54) is 11.8 Å². The molecule has 3 saturated carbocycles. The lowest BCUT2D eigenvalue weighted by Crippen LogP contribution is -2.63. The number of rotatable bonds is 10. The Morgan fingerprint density at radius 1 is 1.06 bits per heavy atom. The van der Waals surface area contributed by atoms with Gasteiger partial charge >= 0.3 is 5.97 Å². The fourth-order valence-electron chi connectivity index (χ4n) is 9.88. The number of hydrogen-bond acceptors (Lipinski definition) is 9. The lowest BCUT2D eigenvalue weighted by Gasteiger charge is -2.61. The standard InChI is InChI=1S/C41H55N3O6S/c1-7-39(4)24-34(40(5)27(2)16-18-41(28(3)38(39)48)19-17-32(45)37(40)41)50-36(47)26-51-33-11-9-8-10-31(33)42-35(46)25-43-20-22-44(23-21-43)29-12-14-30(49-6)15-13-29/h7-15,27-28,34,37-38,48H,1,16-26H2,2-6H3,(H,42,46)/t27-,28+,34-,37+,38+,39-,40+,41+/m1/s1. The Labute approximate surface area is 307 Å². The molecule has 2 aromatic rings. The zero-order valence-corrected chi connectivity index (χ0v) is 31.7.